The molecule has 2 aliphatic rings. The van der Waals surface area contributed by atoms with E-state index in [4.69, 9.17) is 15.7 Å². The van der Waals surface area contributed by atoms with Crippen LogP contribution in [0, 0.1) is 5.92 Å². The first-order valence-corrected chi connectivity index (χ1v) is 22.9. The van der Waals surface area contributed by atoms with Gasteiger partial charge in [0.05, 0.1) is 67.9 Å². The molecule has 0 atom stereocenters. The van der Waals surface area contributed by atoms with Gasteiger partial charge < -0.3 is 5.73 Å². The number of imidazole rings is 2. The van der Waals surface area contributed by atoms with Crippen LogP contribution in [0.5, 0.6) is 0 Å². The molecule has 0 aliphatic heterocycles. The van der Waals surface area contributed by atoms with Gasteiger partial charge in [-0.25, -0.2) is 19.6 Å². The normalized spacial score (nSPS) is 19.1. The van der Waals surface area contributed by atoms with E-state index in [0.29, 0.717) is 0 Å². The fraction of sp³-hybridized carbons (Fsp3) is 0.308. The number of pyridine rings is 6. The van der Waals surface area contributed by atoms with Gasteiger partial charge in [-0.1, -0.05) is 49.7 Å². The Kier molecular flexibility index (Phi) is 10.3. The summed E-state index contributed by atoms with van der Waals surface area (Å²) >= 11 is 0. The summed E-state index contributed by atoms with van der Waals surface area (Å²) in [5, 5.41) is 2.15. The fourth-order valence-electron chi connectivity index (χ4n) is 10.4. The molecule has 13 heteroatoms. The molecule has 0 saturated heterocycles. The zero-order valence-electron chi connectivity index (χ0n) is 36.9. The monoisotopic (exact) mass is 861 g/mol. The molecule has 0 spiro atoms. The minimum absolute atomic E-state index is 0.0191. The van der Waals surface area contributed by atoms with Crippen LogP contribution in [0.3, 0.4) is 0 Å². The van der Waals surface area contributed by atoms with Crippen LogP contribution in [0.15, 0.2) is 119 Å². The van der Waals surface area contributed by atoms with Gasteiger partial charge in [-0.3, -0.25) is 38.2 Å². The summed E-state index contributed by atoms with van der Waals surface area (Å²) in [5.74, 6) is 0.774. The van der Waals surface area contributed by atoms with Gasteiger partial charge >= 0.3 is 11.4 Å². The summed E-state index contributed by atoms with van der Waals surface area (Å²) in [6.07, 6.45) is 16.6. The van der Waals surface area contributed by atoms with E-state index in [2.05, 4.69) is 51.1 Å². The highest BCUT2D eigenvalue weighted by atomic mass is 16.2. The maximum atomic E-state index is 13.3. The number of rotatable bonds is 5. The van der Waals surface area contributed by atoms with E-state index in [1.807, 2.05) is 95.4 Å². The Bertz CT molecular complexity index is 3570. The third-order valence-electron chi connectivity index (χ3n) is 14.2. The van der Waals surface area contributed by atoms with E-state index in [-0.39, 0.29) is 29.5 Å². The number of aryl methyl sites for hydroxylation is 2. The second kappa shape index (κ2) is 16.5. The fourth-order valence-corrected chi connectivity index (χ4v) is 10.4. The maximum Gasteiger partial charge on any atom is 0.329 e. The van der Waals surface area contributed by atoms with Crippen molar-refractivity contribution in [3.8, 4) is 22.5 Å². The van der Waals surface area contributed by atoms with Crippen LogP contribution in [-0.2, 0) is 14.1 Å². The quantitative estimate of drug-likeness (QED) is 0.178. The summed E-state index contributed by atoms with van der Waals surface area (Å²) in [7, 11) is 3.64. The average Bonchev–Trinajstić information content (AvgIpc) is 3.77. The van der Waals surface area contributed by atoms with E-state index in [9.17, 15) is 9.59 Å². The second-order valence-corrected chi connectivity index (χ2v) is 18.0. The number of benzene rings is 2. The van der Waals surface area contributed by atoms with Gasteiger partial charge in [-0.2, -0.15) is 0 Å². The molecule has 2 aliphatic carbocycles. The third-order valence-corrected chi connectivity index (χ3v) is 14.2. The zero-order valence-corrected chi connectivity index (χ0v) is 36.9. The Hall–Kier alpha value is -7.12. The molecule has 10 aromatic rings. The van der Waals surface area contributed by atoms with Gasteiger partial charge in [0.1, 0.15) is 11.0 Å². The van der Waals surface area contributed by atoms with Gasteiger partial charge in [0.2, 0.25) is 0 Å². The van der Waals surface area contributed by atoms with Gasteiger partial charge in [-0.15, -0.1) is 0 Å². The molecule has 2 fully saturated rings. The van der Waals surface area contributed by atoms with Crippen LogP contribution >= 0.6 is 0 Å². The number of nitrogens with zero attached hydrogens (tertiary/aromatic N) is 10. The van der Waals surface area contributed by atoms with Crippen LogP contribution in [-0.4, -0.2) is 54.2 Å². The van der Waals surface area contributed by atoms with E-state index < -0.39 is 0 Å². The van der Waals surface area contributed by atoms with Gasteiger partial charge in [0.25, 0.3) is 0 Å². The Morgan fingerprint density at radius 1 is 0.538 bits per heavy atom. The summed E-state index contributed by atoms with van der Waals surface area (Å²) in [4.78, 5) is 55.1. The van der Waals surface area contributed by atoms with Gasteiger partial charge in [0.15, 0.2) is 0 Å². The lowest BCUT2D eigenvalue weighted by atomic mass is 9.84. The van der Waals surface area contributed by atoms with Crippen LogP contribution in [0.4, 0.5) is 0 Å². The lowest BCUT2D eigenvalue weighted by Gasteiger charge is -2.28. The predicted molar refractivity (Wildman–Crippen MR) is 259 cm³/mol. The number of para-hydroxylation sites is 2. The number of aromatic nitrogens is 10. The van der Waals surface area contributed by atoms with Crippen LogP contribution in [0.1, 0.15) is 76.8 Å². The molecule has 0 bridgehead atoms. The molecule has 8 aromatic heterocycles. The minimum Gasteiger partial charge on any atom is -0.328 e. The van der Waals surface area contributed by atoms with Crippen molar-refractivity contribution in [2.45, 2.75) is 82.8 Å². The van der Waals surface area contributed by atoms with Crippen molar-refractivity contribution < 1.29 is 0 Å². The molecule has 2 saturated carbocycles. The summed E-state index contributed by atoms with van der Waals surface area (Å²) in [6, 6.07) is 28.9. The average molecular weight is 862 g/mol. The molecule has 12 rings (SSSR count). The molecular weight excluding hydrogens is 811 g/mol. The number of nitrogens with two attached hydrogens (primary N) is 1. The largest absolute Gasteiger partial charge is 0.329 e. The molecule has 8 heterocycles. The molecule has 326 valence electrons. The lowest BCUT2D eigenvalue weighted by Crippen LogP contribution is -2.32. The minimum atomic E-state index is -0.0191. The highest BCUT2D eigenvalue weighted by Crippen LogP contribution is 2.37. The topological polar surface area (TPSA) is 157 Å². The van der Waals surface area contributed by atoms with Crippen molar-refractivity contribution in [3.63, 3.8) is 0 Å². The third kappa shape index (κ3) is 7.14. The van der Waals surface area contributed by atoms with Crippen molar-refractivity contribution in [1.82, 2.24) is 48.2 Å². The number of hydrogen-bond acceptors (Lipinski definition) is 9. The Labute approximate surface area is 374 Å². The van der Waals surface area contributed by atoms with Crippen molar-refractivity contribution >= 4 is 65.9 Å². The first-order chi connectivity index (χ1) is 31.7. The smallest absolute Gasteiger partial charge is 0.328 e. The summed E-state index contributed by atoms with van der Waals surface area (Å²) in [5.41, 5.74) is 18.1. The van der Waals surface area contributed by atoms with E-state index in [0.717, 1.165) is 133 Å². The summed E-state index contributed by atoms with van der Waals surface area (Å²) in [6.45, 7) is 2.27. The maximum absolute atomic E-state index is 13.3. The van der Waals surface area contributed by atoms with Crippen LogP contribution in [0.2, 0.25) is 0 Å². The van der Waals surface area contributed by atoms with E-state index >= 15 is 0 Å². The van der Waals surface area contributed by atoms with Gasteiger partial charge in [-0.05, 0) is 106 Å². The molecule has 0 unspecified atom stereocenters. The second-order valence-electron chi connectivity index (χ2n) is 18.0. The molecule has 2 N–H and O–H groups in total. The number of hydrogen-bond donors (Lipinski definition) is 1. The Morgan fingerprint density at radius 3 is 1.43 bits per heavy atom. The van der Waals surface area contributed by atoms with Crippen molar-refractivity contribution in [1.29, 1.82) is 0 Å². The first kappa shape index (κ1) is 40.6. The van der Waals surface area contributed by atoms with Crippen LogP contribution in [0.25, 0.3) is 88.5 Å². The Balaban J connectivity index is 0.000000144. The number of fused-ring (bicyclic) bond motifs is 8. The van der Waals surface area contributed by atoms with Gasteiger partial charge in [0, 0.05) is 66.5 Å². The SMILES string of the molecule is CCC1CCC(n2c(=O)n(C)c3cnc4ccc(-c5cnc6ccccc6c5)nc4c32)CC1.Cn1c(=O)n(C2CCC(N)CC2)c2c3nc(-c4cnc5ccccc5c4)ccc3ncc21. The zero-order chi connectivity index (χ0) is 44.3. The highest BCUT2D eigenvalue weighted by Gasteiger charge is 2.28. The highest BCUT2D eigenvalue weighted by molar-refractivity contribution is 6.02. The molecule has 13 nitrogen and oxygen atoms in total. The van der Waals surface area contributed by atoms with Crippen molar-refractivity contribution in [2.24, 2.45) is 25.7 Å². The molecule has 0 amide bonds. The standard InChI is InChI=1S/C27H27N5O.C25H24N6O/c1-3-17-8-10-20(11-9-17)32-26-24(31(2)27(32)33)16-29-23-13-12-22(30-25(23)26)19-14-18-6-4-5-7-21(18)28-15-19;1-30-22-14-28-21-11-10-20(16-12-15-4-2-3-5-19(15)27-13-16)29-23(21)24(22)31(25(30)32)18-8-6-17(26)7-9-18/h4-7,12-17,20H,3,8-11H2,1-2H3;2-5,10-14,17-18H,6-9,26H2,1H3. The Morgan fingerprint density at radius 2 is 0.969 bits per heavy atom. The molecule has 65 heavy (non-hydrogen) atoms. The van der Waals surface area contributed by atoms with E-state index in [1.54, 1.807) is 22.4 Å². The van der Waals surface area contributed by atoms with Crippen molar-refractivity contribution in [3.05, 3.63) is 131 Å². The summed E-state index contributed by atoms with van der Waals surface area (Å²) < 4.78 is 7.34. The first-order valence-electron chi connectivity index (χ1n) is 22.9. The lowest BCUT2D eigenvalue weighted by molar-refractivity contribution is 0.269. The molecule has 0 radical (unpaired) electrons. The van der Waals surface area contributed by atoms with Crippen LogP contribution < -0.4 is 17.1 Å². The predicted octanol–water partition coefficient (Wildman–Crippen LogP) is 9.58. The molecular formula is C52H51N11O2. The van der Waals surface area contributed by atoms with Crippen molar-refractivity contribution in [2.75, 3.05) is 0 Å². The van der Waals surface area contributed by atoms with E-state index in [1.165, 1.54) is 19.3 Å². The molecule has 2 aromatic carbocycles.